The van der Waals surface area contributed by atoms with Gasteiger partial charge in [0.15, 0.2) is 5.96 Å². The van der Waals surface area contributed by atoms with E-state index >= 15 is 0 Å². The van der Waals surface area contributed by atoms with Gasteiger partial charge in [0.1, 0.15) is 5.75 Å². The first-order valence-electron chi connectivity index (χ1n) is 13.7. The largest absolute Gasteiger partial charge is 0.497 e. The number of hydrogen-bond acceptors (Lipinski definition) is 8. The number of likely N-dealkylation sites (tertiary alicyclic amines) is 1. The molecule has 4 aromatic rings. The van der Waals surface area contributed by atoms with E-state index in [0.717, 1.165) is 42.8 Å². The van der Waals surface area contributed by atoms with Crippen LogP contribution in [0.3, 0.4) is 0 Å². The van der Waals surface area contributed by atoms with Crippen molar-refractivity contribution in [2.24, 2.45) is 10.9 Å². The number of hydrogen-bond donors (Lipinski definition) is 4. The van der Waals surface area contributed by atoms with Gasteiger partial charge < -0.3 is 20.5 Å². The number of primary sulfonamides is 1. The number of alkyl halides is 3. The number of aliphatic carboxylic acids is 1. The lowest BCUT2D eigenvalue weighted by molar-refractivity contribution is -0.192. The lowest BCUT2D eigenvalue weighted by Gasteiger charge is -2.32. The Morgan fingerprint density at radius 1 is 1.07 bits per heavy atom. The third kappa shape index (κ3) is 8.36. The maximum Gasteiger partial charge on any atom is 0.490 e. The predicted molar refractivity (Wildman–Crippen MR) is 161 cm³/mol. The molecule has 1 saturated heterocycles. The number of nitrogens with one attached hydrogen (secondary N) is 1. The molecule has 17 heteroatoms. The van der Waals surface area contributed by atoms with Gasteiger partial charge in [-0.15, -0.1) is 10.2 Å². The molecule has 6 N–H and O–H groups in total. The van der Waals surface area contributed by atoms with Crippen molar-refractivity contribution in [2.75, 3.05) is 20.2 Å². The number of carboxylic acid groups (broad SMARTS) is 1. The maximum atomic E-state index is 12.6. The van der Waals surface area contributed by atoms with Crippen LogP contribution in [-0.2, 0) is 21.4 Å². The minimum absolute atomic E-state index is 0.0651. The molecule has 5 rings (SSSR count). The number of piperidine rings is 1. The molecule has 0 bridgehead atoms. The first-order valence-corrected chi connectivity index (χ1v) is 15.3. The van der Waals surface area contributed by atoms with E-state index in [4.69, 9.17) is 30.9 Å². The second-order valence-electron chi connectivity index (χ2n) is 10.3. The van der Waals surface area contributed by atoms with Crippen molar-refractivity contribution in [3.63, 3.8) is 0 Å². The van der Waals surface area contributed by atoms with E-state index in [1.54, 1.807) is 13.2 Å². The molecule has 0 saturated carbocycles. The van der Waals surface area contributed by atoms with Crippen LogP contribution in [0.4, 0.5) is 13.2 Å². The Morgan fingerprint density at radius 2 is 1.67 bits per heavy atom. The summed E-state index contributed by atoms with van der Waals surface area (Å²) in [6, 6.07) is 20.5. The lowest BCUT2D eigenvalue weighted by atomic mass is 9.88. The van der Waals surface area contributed by atoms with E-state index in [-0.39, 0.29) is 16.7 Å². The number of sulfonamides is 1. The van der Waals surface area contributed by atoms with Gasteiger partial charge >= 0.3 is 12.1 Å². The average Bonchev–Trinajstić information content (AvgIpc) is 3.48. The summed E-state index contributed by atoms with van der Waals surface area (Å²) < 4.78 is 62.1. The van der Waals surface area contributed by atoms with Crippen molar-refractivity contribution in [3.8, 4) is 28.3 Å². The topological polar surface area (TPSA) is 203 Å². The van der Waals surface area contributed by atoms with E-state index < -0.39 is 22.2 Å². The third-order valence-electron chi connectivity index (χ3n) is 7.26. The number of methoxy groups -OCH3 is 1. The molecule has 46 heavy (non-hydrogen) atoms. The van der Waals surface area contributed by atoms with E-state index in [9.17, 15) is 21.6 Å². The third-order valence-corrected chi connectivity index (χ3v) is 8.22. The first kappa shape index (κ1) is 33.9. The summed E-state index contributed by atoms with van der Waals surface area (Å²) in [5.74, 6) is -1.37. The van der Waals surface area contributed by atoms with E-state index in [1.165, 1.54) is 16.4 Å². The zero-order chi connectivity index (χ0) is 33.6. The number of nitrogens with two attached hydrogens (primary N) is 2. The number of carbonyl (C=O) groups is 1. The number of tetrazole rings is 1. The highest BCUT2D eigenvalue weighted by Crippen LogP contribution is 2.36. The number of aromatic nitrogens is 4. The number of carboxylic acids is 1. The molecule has 3 aromatic carbocycles. The zero-order valence-corrected chi connectivity index (χ0v) is 25.3. The fourth-order valence-corrected chi connectivity index (χ4v) is 5.69. The van der Waals surface area contributed by atoms with E-state index in [2.05, 4.69) is 27.5 Å². The number of nitrogens with zero attached hydrogens (tertiary/aromatic N) is 5. The molecule has 0 atom stereocenters. The summed E-state index contributed by atoms with van der Waals surface area (Å²) in [7, 11) is -2.47. The molecule has 1 fully saturated rings. The van der Waals surface area contributed by atoms with Crippen molar-refractivity contribution in [3.05, 3.63) is 77.9 Å². The summed E-state index contributed by atoms with van der Waals surface area (Å²) in [5, 5.41) is 33.2. The molecule has 0 unspecified atom stereocenters. The Balaban J connectivity index is 0.000000617. The fraction of sp³-hybridized carbons (Fsp3) is 0.276. The number of rotatable bonds is 7. The second kappa shape index (κ2) is 13.9. The predicted octanol–water partition coefficient (Wildman–Crippen LogP) is 3.42. The summed E-state index contributed by atoms with van der Waals surface area (Å²) in [5.41, 5.74) is 9.51. The molecular weight excluding hydrogens is 629 g/mol. The van der Waals surface area contributed by atoms with Crippen molar-refractivity contribution in [1.29, 1.82) is 5.41 Å². The average molecular weight is 661 g/mol. The Morgan fingerprint density at radius 3 is 2.20 bits per heavy atom. The molecule has 1 aromatic heterocycles. The lowest BCUT2D eigenvalue weighted by Crippen LogP contribution is -2.41. The molecular formula is C29H31F3N8O5S. The number of halogens is 3. The van der Waals surface area contributed by atoms with Crippen LogP contribution in [0.25, 0.3) is 22.5 Å². The summed E-state index contributed by atoms with van der Waals surface area (Å²) in [6.45, 7) is 1.85. The first-order chi connectivity index (χ1) is 21.7. The minimum atomic E-state index is -5.08. The molecule has 2 heterocycles. The fourth-order valence-electron chi connectivity index (χ4n) is 4.93. The smallest absolute Gasteiger partial charge is 0.490 e. The van der Waals surface area contributed by atoms with Gasteiger partial charge in [0.05, 0.1) is 24.1 Å². The van der Waals surface area contributed by atoms with Gasteiger partial charge in [-0.2, -0.15) is 18.0 Å². The van der Waals surface area contributed by atoms with Crippen molar-refractivity contribution < 1.29 is 36.2 Å². The van der Waals surface area contributed by atoms with Crippen molar-refractivity contribution in [1.82, 2.24) is 25.1 Å². The summed E-state index contributed by atoms with van der Waals surface area (Å²) >= 11 is 0. The van der Waals surface area contributed by atoms with Gasteiger partial charge in [0, 0.05) is 13.1 Å². The van der Waals surface area contributed by atoms with Crippen LogP contribution in [0.15, 0.2) is 71.6 Å². The van der Waals surface area contributed by atoms with Crippen molar-refractivity contribution in [2.45, 2.75) is 36.4 Å². The maximum absolute atomic E-state index is 12.6. The van der Waals surface area contributed by atoms with Crippen LogP contribution in [0.2, 0.25) is 0 Å². The van der Waals surface area contributed by atoms with E-state index in [1.807, 2.05) is 47.4 Å². The SMILES string of the molecule is COc1ccc(Cn2nnc(-c3c(-c4ccc(C5CCN(C(=N)N)CC5)cc4)cccc3S(N)(=O)=O)n2)cc1.O=C(O)C(F)(F)F. The van der Waals surface area contributed by atoms with Crippen LogP contribution in [-0.4, -0.2) is 76.9 Å². The standard InChI is InChI=1S/C27H30N8O3S.C2HF3O2/c1-38-22-11-5-18(6-12-22)17-35-32-26(31-33-35)25-23(3-2-4-24(25)39(30,36)37)21-9-7-19(8-10-21)20-13-15-34(16-14-20)27(28)29;3-2(4,5)1(6)7/h2-12,20H,13-17H2,1H3,(H3,28,29)(H2,30,36,37);(H,6,7). The summed E-state index contributed by atoms with van der Waals surface area (Å²) in [4.78, 5) is 12.1. The van der Waals surface area contributed by atoms with Crippen LogP contribution in [0, 0.1) is 5.41 Å². The Hall–Kier alpha value is -5.03. The normalized spacial score (nSPS) is 13.9. The van der Waals surface area contributed by atoms with Crippen LogP contribution < -0.4 is 15.6 Å². The minimum Gasteiger partial charge on any atom is -0.497 e. The highest BCUT2D eigenvalue weighted by Gasteiger charge is 2.38. The van der Waals surface area contributed by atoms with Gasteiger partial charge in [-0.05, 0) is 64.4 Å². The van der Waals surface area contributed by atoms with Gasteiger partial charge in [-0.25, -0.2) is 18.4 Å². The molecule has 0 radical (unpaired) electrons. The number of benzene rings is 3. The van der Waals surface area contributed by atoms with Gasteiger partial charge in [0.2, 0.25) is 15.8 Å². The monoisotopic (exact) mass is 660 g/mol. The highest BCUT2D eigenvalue weighted by atomic mass is 32.2. The quantitative estimate of drug-likeness (QED) is 0.168. The Bertz CT molecular complexity index is 1790. The van der Waals surface area contributed by atoms with Crippen LogP contribution in [0.5, 0.6) is 5.75 Å². The Labute approximate surface area is 262 Å². The molecule has 1 aliphatic rings. The van der Waals surface area contributed by atoms with E-state index in [0.29, 0.717) is 23.6 Å². The molecule has 0 aliphatic carbocycles. The van der Waals surface area contributed by atoms with Crippen LogP contribution >= 0.6 is 0 Å². The molecule has 0 spiro atoms. The second-order valence-corrected chi connectivity index (χ2v) is 11.8. The summed E-state index contributed by atoms with van der Waals surface area (Å²) in [6.07, 6.45) is -3.27. The van der Waals surface area contributed by atoms with Crippen LogP contribution in [0.1, 0.15) is 29.9 Å². The van der Waals surface area contributed by atoms with Gasteiger partial charge in [-0.1, -0.05) is 48.5 Å². The highest BCUT2D eigenvalue weighted by molar-refractivity contribution is 7.89. The molecule has 13 nitrogen and oxygen atoms in total. The molecule has 0 amide bonds. The molecule has 1 aliphatic heterocycles. The van der Waals surface area contributed by atoms with Crippen molar-refractivity contribution >= 4 is 22.0 Å². The van der Waals surface area contributed by atoms with Gasteiger partial charge in [-0.3, -0.25) is 5.41 Å². The molecule has 244 valence electrons. The zero-order valence-electron chi connectivity index (χ0n) is 24.5. The van der Waals surface area contributed by atoms with Gasteiger partial charge in [0.25, 0.3) is 0 Å². The Kier molecular flexibility index (Phi) is 10.3. The number of guanidine groups is 1. The number of ether oxygens (including phenoxy) is 1.